The number of hydrogen-bond donors (Lipinski definition) is 2. The summed E-state index contributed by atoms with van der Waals surface area (Å²) in [6.07, 6.45) is 1.63. The van der Waals surface area contributed by atoms with Crippen molar-refractivity contribution < 1.29 is 23.1 Å². The van der Waals surface area contributed by atoms with Gasteiger partial charge in [-0.15, -0.1) is 0 Å². The number of amides is 1. The van der Waals surface area contributed by atoms with Crippen LogP contribution in [0.5, 0.6) is 0 Å². The van der Waals surface area contributed by atoms with Crippen molar-refractivity contribution in [3.63, 3.8) is 0 Å². The Bertz CT molecular complexity index is 756. The molecule has 1 aromatic carbocycles. The van der Waals surface area contributed by atoms with Gasteiger partial charge < -0.3 is 10.4 Å². The van der Waals surface area contributed by atoms with Gasteiger partial charge in [0.2, 0.25) is 15.9 Å². The lowest BCUT2D eigenvalue weighted by atomic mass is 9.72. The lowest BCUT2D eigenvalue weighted by Gasteiger charge is -2.41. The molecule has 1 aromatic rings. The number of aliphatic carboxylic acids is 1. The van der Waals surface area contributed by atoms with Crippen LogP contribution >= 0.6 is 0 Å². The molecule has 27 heavy (non-hydrogen) atoms. The third-order valence-electron chi connectivity index (χ3n) is 5.28. The molecule has 1 aliphatic heterocycles. The van der Waals surface area contributed by atoms with E-state index < -0.39 is 27.4 Å². The molecule has 2 N–H and O–H groups in total. The Morgan fingerprint density at radius 2 is 1.78 bits per heavy atom. The number of piperidine rings is 1. The van der Waals surface area contributed by atoms with Crippen LogP contribution in [0.2, 0.25) is 0 Å². The molecule has 1 aliphatic rings. The molecule has 0 saturated carbocycles. The minimum Gasteiger partial charge on any atom is -0.480 e. The maximum Gasteiger partial charge on any atom is 0.326 e. The maximum atomic E-state index is 13.2. The predicted octanol–water partition coefficient (Wildman–Crippen LogP) is 1.74. The summed E-state index contributed by atoms with van der Waals surface area (Å²) in [5.74, 6) is -1.38. The van der Waals surface area contributed by atoms with Crippen LogP contribution in [-0.4, -0.2) is 54.6 Å². The number of hydrogen-bond acceptors (Lipinski definition) is 4. The number of carboxylic acids is 1. The van der Waals surface area contributed by atoms with Crippen LogP contribution in [0.1, 0.15) is 45.1 Å². The Morgan fingerprint density at radius 1 is 1.19 bits per heavy atom. The van der Waals surface area contributed by atoms with Crippen molar-refractivity contribution >= 4 is 21.9 Å². The van der Waals surface area contributed by atoms with Crippen LogP contribution < -0.4 is 5.32 Å². The van der Waals surface area contributed by atoms with Gasteiger partial charge in [-0.25, -0.2) is 17.5 Å². The Balaban J connectivity index is 2.31. The average Bonchev–Trinajstić information content (AvgIpc) is 2.68. The number of carboxylic acid groups (broad SMARTS) is 1. The van der Waals surface area contributed by atoms with Gasteiger partial charge in [0.1, 0.15) is 6.04 Å². The highest BCUT2D eigenvalue weighted by molar-refractivity contribution is 7.89. The summed E-state index contributed by atoms with van der Waals surface area (Å²) in [5.41, 5.74) is -0.140. The first-order chi connectivity index (χ1) is 12.8. The molecule has 1 amide bonds. The first-order valence-corrected chi connectivity index (χ1v) is 10.9. The molecule has 0 aromatic heterocycles. The lowest BCUT2D eigenvalue weighted by Crippen LogP contribution is -2.55. The van der Waals surface area contributed by atoms with Crippen LogP contribution in [0.25, 0.3) is 0 Å². The SMILES string of the molecule is CCCC(NC(=O)C1(c2ccccc2)CCN(S(=O)(=O)CC)CC1)C(=O)O. The van der Waals surface area contributed by atoms with E-state index in [1.54, 1.807) is 6.92 Å². The van der Waals surface area contributed by atoms with Gasteiger partial charge in [-0.3, -0.25) is 4.79 Å². The molecule has 1 atom stereocenters. The molecule has 2 rings (SSSR count). The smallest absolute Gasteiger partial charge is 0.326 e. The zero-order chi connectivity index (χ0) is 20.1. The van der Waals surface area contributed by atoms with Crippen LogP contribution in [0.3, 0.4) is 0 Å². The third kappa shape index (κ3) is 4.68. The van der Waals surface area contributed by atoms with Crippen LogP contribution in [0.4, 0.5) is 0 Å². The molecular weight excluding hydrogens is 368 g/mol. The van der Waals surface area contributed by atoms with E-state index in [4.69, 9.17) is 0 Å². The van der Waals surface area contributed by atoms with E-state index >= 15 is 0 Å². The number of nitrogens with zero attached hydrogens (tertiary/aromatic N) is 1. The second kappa shape index (κ2) is 8.84. The fourth-order valence-corrected chi connectivity index (χ4v) is 4.68. The molecule has 150 valence electrons. The fourth-order valence-electron chi connectivity index (χ4n) is 3.58. The highest BCUT2D eigenvalue weighted by Gasteiger charge is 2.45. The molecule has 1 saturated heterocycles. The molecule has 0 aliphatic carbocycles. The molecule has 0 bridgehead atoms. The zero-order valence-corrected chi connectivity index (χ0v) is 16.7. The first-order valence-electron chi connectivity index (χ1n) is 9.34. The highest BCUT2D eigenvalue weighted by atomic mass is 32.2. The monoisotopic (exact) mass is 396 g/mol. The molecule has 1 unspecified atom stereocenters. The van der Waals surface area contributed by atoms with Gasteiger partial charge in [-0.1, -0.05) is 43.7 Å². The van der Waals surface area contributed by atoms with E-state index in [1.165, 1.54) is 4.31 Å². The van der Waals surface area contributed by atoms with Crippen molar-refractivity contribution in [3.8, 4) is 0 Å². The van der Waals surface area contributed by atoms with Crippen LogP contribution in [0, 0.1) is 0 Å². The minimum atomic E-state index is -3.32. The van der Waals surface area contributed by atoms with Gasteiger partial charge in [-0.05, 0) is 31.7 Å². The Labute approximate surface area is 160 Å². The predicted molar refractivity (Wildman–Crippen MR) is 103 cm³/mol. The van der Waals surface area contributed by atoms with Gasteiger partial charge in [0.05, 0.1) is 11.2 Å². The summed E-state index contributed by atoms with van der Waals surface area (Å²) in [6.45, 7) is 3.94. The number of benzene rings is 1. The van der Waals surface area contributed by atoms with E-state index in [-0.39, 0.29) is 24.7 Å². The van der Waals surface area contributed by atoms with E-state index in [1.807, 2.05) is 37.3 Å². The average molecular weight is 397 g/mol. The molecule has 8 heteroatoms. The van der Waals surface area contributed by atoms with Crippen molar-refractivity contribution in [1.29, 1.82) is 0 Å². The summed E-state index contributed by atoms with van der Waals surface area (Å²) in [7, 11) is -3.32. The van der Waals surface area contributed by atoms with Crippen molar-refractivity contribution in [2.24, 2.45) is 0 Å². The number of carbonyl (C=O) groups is 2. The van der Waals surface area contributed by atoms with Crippen molar-refractivity contribution in [3.05, 3.63) is 35.9 Å². The normalized spacial score (nSPS) is 18.6. The summed E-state index contributed by atoms with van der Waals surface area (Å²) in [5, 5.41) is 12.1. The van der Waals surface area contributed by atoms with Crippen LogP contribution in [-0.2, 0) is 25.0 Å². The van der Waals surface area contributed by atoms with E-state index in [0.29, 0.717) is 25.7 Å². The minimum absolute atomic E-state index is 0.0229. The molecule has 1 heterocycles. The van der Waals surface area contributed by atoms with Gasteiger partial charge >= 0.3 is 5.97 Å². The van der Waals surface area contributed by atoms with E-state index in [2.05, 4.69) is 5.32 Å². The summed E-state index contributed by atoms with van der Waals surface area (Å²) in [6, 6.07) is 8.27. The molecular formula is C19H28N2O5S. The number of sulfonamides is 1. The number of rotatable bonds is 8. The van der Waals surface area contributed by atoms with Crippen molar-refractivity contribution in [1.82, 2.24) is 9.62 Å². The summed E-state index contributed by atoms with van der Waals surface area (Å²) < 4.78 is 25.8. The lowest BCUT2D eigenvalue weighted by molar-refractivity contribution is -0.143. The topological polar surface area (TPSA) is 104 Å². The van der Waals surface area contributed by atoms with Gasteiger partial charge in [0.15, 0.2) is 0 Å². The Morgan fingerprint density at radius 3 is 2.26 bits per heavy atom. The first kappa shape index (κ1) is 21.4. The number of carbonyl (C=O) groups excluding carboxylic acids is 1. The highest BCUT2D eigenvalue weighted by Crippen LogP contribution is 2.37. The molecule has 7 nitrogen and oxygen atoms in total. The van der Waals surface area contributed by atoms with E-state index in [0.717, 1.165) is 5.56 Å². The van der Waals surface area contributed by atoms with Crippen LogP contribution in [0.15, 0.2) is 30.3 Å². The Kier molecular flexibility index (Phi) is 7.00. The van der Waals surface area contributed by atoms with Crippen molar-refractivity contribution in [2.45, 2.75) is 51.0 Å². The van der Waals surface area contributed by atoms with Gasteiger partial charge in [-0.2, -0.15) is 0 Å². The summed E-state index contributed by atoms with van der Waals surface area (Å²) >= 11 is 0. The number of nitrogens with one attached hydrogen (secondary N) is 1. The molecule has 0 radical (unpaired) electrons. The quantitative estimate of drug-likeness (QED) is 0.697. The molecule has 1 fully saturated rings. The second-order valence-electron chi connectivity index (χ2n) is 6.90. The van der Waals surface area contributed by atoms with Gasteiger partial charge in [0, 0.05) is 13.1 Å². The second-order valence-corrected chi connectivity index (χ2v) is 9.16. The standard InChI is InChI=1S/C19H28N2O5S/c1-3-8-16(17(22)23)20-18(24)19(15-9-6-5-7-10-15)11-13-21(14-12-19)27(25,26)4-2/h5-7,9-10,16H,3-4,8,11-14H2,1-2H3,(H,20,24)(H,22,23). The Hall–Kier alpha value is -1.93. The summed E-state index contributed by atoms with van der Waals surface area (Å²) in [4.78, 5) is 24.7. The third-order valence-corrected chi connectivity index (χ3v) is 7.16. The zero-order valence-electron chi connectivity index (χ0n) is 15.8. The molecule has 0 spiro atoms. The van der Waals surface area contributed by atoms with Crippen molar-refractivity contribution in [2.75, 3.05) is 18.8 Å². The fraction of sp³-hybridized carbons (Fsp3) is 0.579. The van der Waals surface area contributed by atoms with E-state index in [9.17, 15) is 23.1 Å². The van der Waals surface area contributed by atoms with Gasteiger partial charge in [0.25, 0.3) is 0 Å². The maximum absolute atomic E-state index is 13.2. The largest absolute Gasteiger partial charge is 0.480 e.